The monoisotopic (exact) mass is 288 g/mol. The largest absolute Gasteiger partial charge is 0.336 e. The Hall–Kier alpha value is -1.35. The zero-order valence-corrected chi connectivity index (χ0v) is 13.3. The van der Waals surface area contributed by atoms with E-state index in [0.717, 1.165) is 19.3 Å². The van der Waals surface area contributed by atoms with Gasteiger partial charge in [0, 0.05) is 19.0 Å². The van der Waals surface area contributed by atoms with Crippen molar-refractivity contribution >= 4 is 5.91 Å². The Kier molecular flexibility index (Phi) is 5.40. The highest BCUT2D eigenvalue weighted by atomic mass is 16.2. The molecule has 116 valence electrons. The second-order valence-corrected chi connectivity index (χ2v) is 6.50. The van der Waals surface area contributed by atoms with Gasteiger partial charge in [-0.1, -0.05) is 43.7 Å². The molecule has 0 saturated heterocycles. The van der Waals surface area contributed by atoms with Crippen LogP contribution < -0.4 is 5.73 Å². The molecule has 0 spiro atoms. The van der Waals surface area contributed by atoms with Crippen molar-refractivity contribution in [3.05, 3.63) is 35.9 Å². The number of carbonyl (C=O) groups is 1. The topological polar surface area (TPSA) is 46.3 Å². The summed E-state index contributed by atoms with van der Waals surface area (Å²) >= 11 is 0. The number of benzene rings is 1. The molecule has 1 amide bonds. The molecule has 1 fully saturated rings. The zero-order valence-electron chi connectivity index (χ0n) is 13.3. The van der Waals surface area contributed by atoms with Crippen molar-refractivity contribution in [2.45, 2.75) is 58.5 Å². The summed E-state index contributed by atoms with van der Waals surface area (Å²) in [6, 6.07) is 10.5. The molecule has 0 radical (unpaired) electrons. The maximum atomic E-state index is 12.8. The maximum absolute atomic E-state index is 12.8. The van der Waals surface area contributed by atoms with Crippen molar-refractivity contribution in [3.63, 3.8) is 0 Å². The van der Waals surface area contributed by atoms with Crippen molar-refractivity contribution < 1.29 is 4.79 Å². The molecule has 3 nitrogen and oxygen atoms in total. The lowest BCUT2D eigenvalue weighted by Crippen LogP contribution is -2.45. The van der Waals surface area contributed by atoms with E-state index in [4.69, 9.17) is 5.73 Å². The van der Waals surface area contributed by atoms with Crippen LogP contribution >= 0.6 is 0 Å². The third-order valence-corrected chi connectivity index (χ3v) is 5.01. The number of rotatable bonds is 7. The molecule has 1 unspecified atom stereocenters. The molecule has 0 aliphatic heterocycles. The predicted molar refractivity (Wildman–Crippen MR) is 86.7 cm³/mol. The number of carbonyl (C=O) groups excluding carboxylic acids is 1. The van der Waals surface area contributed by atoms with Crippen LogP contribution in [0.4, 0.5) is 0 Å². The number of nitrogens with zero attached hydrogens (tertiary/aromatic N) is 1. The van der Waals surface area contributed by atoms with Crippen molar-refractivity contribution in [1.82, 2.24) is 4.90 Å². The van der Waals surface area contributed by atoms with Gasteiger partial charge in [-0.25, -0.2) is 0 Å². The lowest BCUT2D eigenvalue weighted by Gasteiger charge is -2.42. The second-order valence-electron chi connectivity index (χ2n) is 6.50. The molecule has 2 N–H and O–H groups in total. The first-order valence-electron chi connectivity index (χ1n) is 8.14. The van der Waals surface area contributed by atoms with Crippen LogP contribution in [0.2, 0.25) is 0 Å². The lowest BCUT2D eigenvalue weighted by atomic mass is 9.66. The van der Waals surface area contributed by atoms with E-state index >= 15 is 0 Å². The van der Waals surface area contributed by atoms with Gasteiger partial charge in [-0.15, -0.1) is 0 Å². The van der Waals surface area contributed by atoms with E-state index in [0.29, 0.717) is 19.5 Å². The molecule has 0 bridgehead atoms. The Morgan fingerprint density at radius 2 is 2.00 bits per heavy atom. The first-order chi connectivity index (χ1) is 10.1. The Bertz CT molecular complexity index is 448. The molecule has 2 rings (SSSR count). The zero-order chi connectivity index (χ0) is 15.3. The third-order valence-electron chi connectivity index (χ3n) is 5.01. The lowest BCUT2D eigenvalue weighted by molar-refractivity contribution is -0.138. The molecule has 1 aliphatic rings. The SMILES string of the molecule is CCC(C)N(Cc1ccccc1)C(=O)CC1(CN)CCC1. The van der Waals surface area contributed by atoms with Gasteiger partial charge in [0.15, 0.2) is 0 Å². The normalized spacial score (nSPS) is 17.9. The van der Waals surface area contributed by atoms with E-state index in [1.165, 1.54) is 12.0 Å². The molecular formula is C18H28N2O. The molecule has 1 aromatic carbocycles. The molecule has 0 aromatic heterocycles. The fourth-order valence-electron chi connectivity index (χ4n) is 3.04. The van der Waals surface area contributed by atoms with E-state index in [9.17, 15) is 4.79 Å². The number of nitrogens with two attached hydrogens (primary N) is 1. The van der Waals surface area contributed by atoms with Crippen LogP contribution in [-0.2, 0) is 11.3 Å². The summed E-state index contributed by atoms with van der Waals surface area (Å²) in [6.45, 7) is 5.61. The fourth-order valence-corrected chi connectivity index (χ4v) is 3.04. The van der Waals surface area contributed by atoms with Crippen LogP contribution in [0.1, 0.15) is 51.5 Å². The standard InChI is InChI=1S/C18H28N2O/c1-3-15(2)20(13-16-8-5-4-6-9-16)17(21)12-18(14-19)10-7-11-18/h4-6,8-9,15H,3,7,10-14,19H2,1-2H3. The molecule has 0 heterocycles. The van der Waals surface area contributed by atoms with Gasteiger partial charge < -0.3 is 10.6 Å². The second kappa shape index (κ2) is 7.08. The number of hydrogen-bond donors (Lipinski definition) is 1. The van der Waals surface area contributed by atoms with Gasteiger partial charge in [0.05, 0.1) is 0 Å². The Labute approximate surface area is 128 Å². The van der Waals surface area contributed by atoms with Crippen molar-refractivity contribution in [2.24, 2.45) is 11.1 Å². The van der Waals surface area contributed by atoms with E-state index in [-0.39, 0.29) is 17.4 Å². The molecule has 1 aliphatic carbocycles. The number of amides is 1. The highest BCUT2D eigenvalue weighted by Crippen LogP contribution is 2.43. The van der Waals surface area contributed by atoms with Crippen LogP contribution in [0, 0.1) is 5.41 Å². The van der Waals surface area contributed by atoms with Crippen LogP contribution in [0.3, 0.4) is 0 Å². The molecule has 1 atom stereocenters. The summed E-state index contributed by atoms with van der Waals surface area (Å²) in [5.74, 6) is 0.262. The average Bonchev–Trinajstić information content (AvgIpc) is 2.48. The van der Waals surface area contributed by atoms with Gasteiger partial charge in [-0.3, -0.25) is 4.79 Å². The Balaban J connectivity index is 2.06. The smallest absolute Gasteiger partial charge is 0.223 e. The molecular weight excluding hydrogens is 260 g/mol. The van der Waals surface area contributed by atoms with E-state index < -0.39 is 0 Å². The summed E-state index contributed by atoms with van der Waals surface area (Å²) in [7, 11) is 0. The van der Waals surface area contributed by atoms with Gasteiger partial charge in [0.25, 0.3) is 0 Å². The summed E-state index contributed by atoms with van der Waals surface area (Å²) in [5.41, 5.74) is 7.19. The quantitative estimate of drug-likeness (QED) is 0.836. The summed E-state index contributed by atoms with van der Waals surface area (Å²) < 4.78 is 0. The Morgan fingerprint density at radius 3 is 2.48 bits per heavy atom. The first-order valence-corrected chi connectivity index (χ1v) is 8.14. The Morgan fingerprint density at radius 1 is 1.33 bits per heavy atom. The minimum absolute atomic E-state index is 0.0828. The van der Waals surface area contributed by atoms with Crippen molar-refractivity contribution in [2.75, 3.05) is 6.54 Å². The average molecular weight is 288 g/mol. The number of hydrogen-bond acceptors (Lipinski definition) is 2. The van der Waals surface area contributed by atoms with E-state index in [1.807, 2.05) is 23.1 Å². The van der Waals surface area contributed by atoms with E-state index in [1.54, 1.807) is 0 Å². The highest BCUT2D eigenvalue weighted by molar-refractivity contribution is 5.77. The molecule has 21 heavy (non-hydrogen) atoms. The van der Waals surface area contributed by atoms with Crippen LogP contribution in [0.25, 0.3) is 0 Å². The van der Waals surface area contributed by atoms with Gasteiger partial charge in [0.2, 0.25) is 5.91 Å². The van der Waals surface area contributed by atoms with Crippen molar-refractivity contribution in [3.8, 4) is 0 Å². The van der Waals surface area contributed by atoms with Gasteiger partial charge >= 0.3 is 0 Å². The highest BCUT2D eigenvalue weighted by Gasteiger charge is 2.39. The summed E-state index contributed by atoms with van der Waals surface area (Å²) in [6.07, 6.45) is 5.02. The van der Waals surface area contributed by atoms with Crippen molar-refractivity contribution in [1.29, 1.82) is 0 Å². The molecule has 1 aromatic rings. The van der Waals surface area contributed by atoms with Crippen LogP contribution in [0.15, 0.2) is 30.3 Å². The summed E-state index contributed by atoms with van der Waals surface area (Å²) in [5, 5.41) is 0. The third kappa shape index (κ3) is 3.85. The first kappa shape index (κ1) is 16.0. The van der Waals surface area contributed by atoms with Gasteiger partial charge in [0.1, 0.15) is 0 Å². The minimum atomic E-state index is 0.0828. The van der Waals surface area contributed by atoms with Crippen LogP contribution in [0.5, 0.6) is 0 Å². The van der Waals surface area contributed by atoms with Gasteiger partial charge in [-0.05, 0) is 43.7 Å². The molecule has 3 heteroatoms. The summed E-state index contributed by atoms with van der Waals surface area (Å²) in [4.78, 5) is 14.8. The fraction of sp³-hybridized carbons (Fsp3) is 0.611. The van der Waals surface area contributed by atoms with E-state index in [2.05, 4.69) is 26.0 Å². The van der Waals surface area contributed by atoms with Crippen LogP contribution in [-0.4, -0.2) is 23.4 Å². The predicted octanol–water partition coefficient (Wildman–Crippen LogP) is 3.33. The van der Waals surface area contributed by atoms with Gasteiger partial charge in [-0.2, -0.15) is 0 Å². The molecule has 1 saturated carbocycles. The maximum Gasteiger partial charge on any atom is 0.223 e. The minimum Gasteiger partial charge on any atom is -0.336 e.